The van der Waals surface area contributed by atoms with Crippen LogP contribution >= 0.6 is 0 Å². The number of nitrogens with one attached hydrogen (secondary N) is 2. The summed E-state index contributed by atoms with van der Waals surface area (Å²) in [6, 6.07) is 11.8. The molecule has 0 atom stereocenters. The minimum Gasteiger partial charge on any atom is -0.454 e. The molecule has 3 aromatic rings. The Kier molecular flexibility index (Phi) is 5.90. The average Bonchev–Trinajstić information content (AvgIpc) is 3.30. The molecule has 3 heterocycles. The van der Waals surface area contributed by atoms with E-state index < -0.39 is 0 Å². The number of hydrogen-bond donors (Lipinski definition) is 2. The summed E-state index contributed by atoms with van der Waals surface area (Å²) in [5.41, 5.74) is 6.99. The molecule has 1 saturated heterocycles. The van der Waals surface area contributed by atoms with E-state index >= 15 is 0 Å². The fourth-order valence-corrected chi connectivity index (χ4v) is 3.52. The molecule has 0 radical (unpaired) electrons. The number of ether oxygens (including phenoxy) is 3. The number of rotatable bonds is 6. The summed E-state index contributed by atoms with van der Waals surface area (Å²) >= 11 is 0. The Bertz CT molecular complexity index is 1180. The van der Waals surface area contributed by atoms with Gasteiger partial charge >= 0.3 is 0 Å². The van der Waals surface area contributed by atoms with Crippen molar-refractivity contribution in [3.63, 3.8) is 0 Å². The van der Waals surface area contributed by atoms with Crippen molar-refractivity contribution in [3.05, 3.63) is 53.1 Å². The van der Waals surface area contributed by atoms with Crippen LogP contribution in [-0.4, -0.2) is 54.3 Å². The quantitative estimate of drug-likeness (QED) is 0.435. The second-order valence-corrected chi connectivity index (χ2v) is 7.81. The highest BCUT2D eigenvalue weighted by atomic mass is 16.7. The number of aromatic nitrogens is 3. The summed E-state index contributed by atoms with van der Waals surface area (Å²) in [6.07, 6.45) is 1.68. The fourth-order valence-electron chi connectivity index (χ4n) is 3.52. The van der Waals surface area contributed by atoms with Crippen LogP contribution in [0.15, 0.2) is 41.5 Å². The highest BCUT2D eigenvalue weighted by molar-refractivity contribution is 5.81. The van der Waals surface area contributed by atoms with Crippen LogP contribution in [0.2, 0.25) is 0 Å². The largest absolute Gasteiger partial charge is 0.454 e. The number of hydrogen-bond acceptors (Lipinski definition) is 10. The van der Waals surface area contributed by atoms with Crippen molar-refractivity contribution in [1.29, 1.82) is 0 Å². The number of aryl methyl sites for hydroxylation is 2. The molecule has 10 heteroatoms. The molecule has 2 aromatic carbocycles. The first-order chi connectivity index (χ1) is 16.1. The number of morpholine rings is 1. The van der Waals surface area contributed by atoms with Crippen molar-refractivity contribution in [1.82, 2.24) is 15.0 Å². The Morgan fingerprint density at radius 2 is 1.76 bits per heavy atom. The topological polar surface area (TPSA) is 106 Å². The second-order valence-electron chi connectivity index (χ2n) is 7.81. The molecular weight excluding hydrogens is 422 g/mol. The molecule has 0 bridgehead atoms. The maximum atomic E-state index is 5.47. The molecule has 2 aliphatic rings. The average molecular weight is 447 g/mol. The normalized spacial score (nSPS) is 15.2. The van der Waals surface area contributed by atoms with Crippen molar-refractivity contribution < 1.29 is 14.2 Å². The van der Waals surface area contributed by atoms with Crippen LogP contribution in [0, 0.1) is 13.8 Å². The van der Waals surface area contributed by atoms with Gasteiger partial charge in [-0.2, -0.15) is 20.1 Å². The molecule has 2 aliphatic heterocycles. The van der Waals surface area contributed by atoms with Crippen LogP contribution in [0.25, 0.3) is 0 Å². The van der Waals surface area contributed by atoms with E-state index in [-0.39, 0.29) is 6.79 Å². The van der Waals surface area contributed by atoms with Crippen LogP contribution in [0.3, 0.4) is 0 Å². The number of fused-ring (bicyclic) bond motifs is 1. The molecule has 170 valence electrons. The Balaban J connectivity index is 1.39. The molecule has 10 nitrogen and oxygen atoms in total. The van der Waals surface area contributed by atoms with Crippen LogP contribution in [-0.2, 0) is 4.74 Å². The van der Waals surface area contributed by atoms with Gasteiger partial charge in [-0.15, -0.1) is 0 Å². The summed E-state index contributed by atoms with van der Waals surface area (Å²) in [5.74, 6) is 2.79. The molecule has 0 unspecified atom stereocenters. The van der Waals surface area contributed by atoms with E-state index in [9.17, 15) is 0 Å². The lowest BCUT2D eigenvalue weighted by Gasteiger charge is -2.27. The van der Waals surface area contributed by atoms with Gasteiger partial charge in [-0.25, -0.2) is 5.43 Å². The lowest BCUT2D eigenvalue weighted by Crippen LogP contribution is -2.37. The third-order valence-corrected chi connectivity index (χ3v) is 5.33. The Morgan fingerprint density at radius 3 is 2.64 bits per heavy atom. The van der Waals surface area contributed by atoms with Crippen molar-refractivity contribution in [2.24, 2.45) is 5.10 Å². The van der Waals surface area contributed by atoms with Gasteiger partial charge in [0, 0.05) is 18.8 Å². The summed E-state index contributed by atoms with van der Waals surface area (Å²) in [6.45, 7) is 7.03. The van der Waals surface area contributed by atoms with Crippen molar-refractivity contribution in [3.8, 4) is 11.5 Å². The zero-order valence-corrected chi connectivity index (χ0v) is 18.5. The van der Waals surface area contributed by atoms with Crippen molar-refractivity contribution >= 4 is 29.7 Å². The van der Waals surface area contributed by atoms with Crippen LogP contribution in [0.4, 0.5) is 23.5 Å². The Hall–Kier alpha value is -3.92. The number of hydrazone groups is 1. The maximum absolute atomic E-state index is 5.47. The van der Waals surface area contributed by atoms with E-state index in [1.54, 1.807) is 6.21 Å². The first-order valence-electron chi connectivity index (χ1n) is 10.8. The predicted molar refractivity (Wildman–Crippen MR) is 126 cm³/mol. The summed E-state index contributed by atoms with van der Waals surface area (Å²) in [4.78, 5) is 15.8. The Labute approximate surface area is 191 Å². The van der Waals surface area contributed by atoms with Crippen molar-refractivity contribution in [2.75, 3.05) is 48.7 Å². The SMILES string of the molecule is Cc1ccc(C)c(Nc2nc(N/N=C/c3ccc4c(c3)OCO4)nc(N3CCOCC3)n2)c1. The van der Waals surface area contributed by atoms with Gasteiger partial charge in [0.1, 0.15) is 0 Å². The van der Waals surface area contributed by atoms with Crippen LogP contribution in [0.1, 0.15) is 16.7 Å². The van der Waals surface area contributed by atoms with E-state index in [1.807, 2.05) is 25.1 Å². The van der Waals surface area contributed by atoms with E-state index in [1.165, 1.54) is 0 Å². The fraction of sp³-hybridized carbons (Fsp3) is 0.304. The molecule has 0 saturated carbocycles. The smallest absolute Gasteiger partial charge is 0.250 e. The molecular formula is C23H25N7O3. The summed E-state index contributed by atoms with van der Waals surface area (Å²) in [7, 11) is 0. The van der Waals surface area contributed by atoms with Gasteiger partial charge in [-0.1, -0.05) is 12.1 Å². The molecule has 0 spiro atoms. The van der Waals surface area contributed by atoms with Crippen LogP contribution < -0.4 is 25.1 Å². The first kappa shape index (κ1) is 21.0. The second kappa shape index (κ2) is 9.29. The number of nitrogens with zero attached hydrogens (tertiary/aromatic N) is 5. The minimum absolute atomic E-state index is 0.236. The van der Waals surface area contributed by atoms with Crippen molar-refractivity contribution in [2.45, 2.75) is 13.8 Å². The molecule has 1 fully saturated rings. The number of anilines is 4. The molecule has 1 aromatic heterocycles. The molecule has 33 heavy (non-hydrogen) atoms. The summed E-state index contributed by atoms with van der Waals surface area (Å²) < 4.78 is 16.2. The van der Waals surface area contributed by atoms with Gasteiger partial charge in [0.15, 0.2) is 11.5 Å². The van der Waals surface area contributed by atoms with Gasteiger partial charge in [0.2, 0.25) is 24.6 Å². The third-order valence-electron chi connectivity index (χ3n) is 5.33. The molecule has 0 aliphatic carbocycles. The summed E-state index contributed by atoms with van der Waals surface area (Å²) in [5, 5.41) is 7.64. The highest BCUT2D eigenvalue weighted by Gasteiger charge is 2.17. The van der Waals surface area contributed by atoms with E-state index in [0.29, 0.717) is 49.9 Å². The minimum atomic E-state index is 0.236. The monoisotopic (exact) mass is 447 g/mol. The van der Waals surface area contributed by atoms with E-state index in [0.717, 1.165) is 28.1 Å². The Morgan fingerprint density at radius 1 is 0.939 bits per heavy atom. The first-order valence-corrected chi connectivity index (χ1v) is 10.8. The standard InChI is InChI=1S/C23H25N7O3/c1-15-3-4-16(2)18(11-15)25-21-26-22(28-23(27-21)30-7-9-31-10-8-30)29-24-13-17-5-6-19-20(12-17)33-14-32-19/h3-6,11-13H,7-10,14H2,1-2H3,(H2,25,26,27,28,29)/b24-13+. The number of benzene rings is 2. The molecule has 5 rings (SSSR count). The van der Waals surface area contributed by atoms with Gasteiger partial charge in [0.05, 0.1) is 19.4 Å². The molecule has 0 amide bonds. The predicted octanol–water partition coefficient (Wildman–Crippen LogP) is 3.24. The van der Waals surface area contributed by atoms with Gasteiger partial charge in [0.25, 0.3) is 0 Å². The van der Waals surface area contributed by atoms with E-state index in [4.69, 9.17) is 14.2 Å². The lowest BCUT2D eigenvalue weighted by atomic mass is 10.1. The zero-order chi connectivity index (χ0) is 22.6. The van der Waals surface area contributed by atoms with Crippen LogP contribution in [0.5, 0.6) is 11.5 Å². The maximum Gasteiger partial charge on any atom is 0.250 e. The molecule has 2 N–H and O–H groups in total. The van der Waals surface area contributed by atoms with E-state index in [2.05, 4.69) is 60.8 Å². The zero-order valence-electron chi connectivity index (χ0n) is 18.5. The van der Waals surface area contributed by atoms with Gasteiger partial charge in [-0.3, -0.25) is 0 Å². The van der Waals surface area contributed by atoms with Gasteiger partial charge in [-0.05, 0) is 54.8 Å². The highest BCUT2D eigenvalue weighted by Crippen LogP contribution is 2.32. The third kappa shape index (κ3) is 4.96. The van der Waals surface area contributed by atoms with Gasteiger partial charge < -0.3 is 24.4 Å². The lowest BCUT2D eigenvalue weighted by molar-refractivity contribution is 0.122.